The second-order valence-electron chi connectivity index (χ2n) is 7.95. The zero-order valence-electron chi connectivity index (χ0n) is 18.6. The van der Waals surface area contributed by atoms with Gasteiger partial charge in [0.15, 0.2) is 5.82 Å². The lowest BCUT2D eigenvalue weighted by atomic mass is 10.2. The third-order valence-electron chi connectivity index (χ3n) is 5.79. The van der Waals surface area contributed by atoms with Gasteiger partial charge in [-0.15, -0.1) is 10.2 Å². The summed E-state index contributed by atoms with van der Waals surface area (Å²) in [6, 6.07) is 11.1. The molecule has 0 aliphatic carbocycles. The largest absolute Gasteiger partial charge is 0.322 e. The standard InChI is InChI=1S/C22H24Cl2N6O3S/c1-14-27-28-21(30(14)13-15-5-7-16(23)8-6-15)20-4-3-11-29(20)22(31)26-19-10-9-17(12-18(19)24)34(32,33)25-2/h5-10,12,20,25H,3-4,11,13H2,1-2H3,(H,26,31)/t20-/m1/s1. The first-order valence-corrected chi connectivity index (χ1v) is 12.9. The molecule has 1 aliphatic heterocycles. The number of carbonyl (C=O) groups is 1. The van der Waals surface area contributed by atoms with E-state index in [1.807, 2.05) is 35.8 Å². The molecule has 9 nitrogen and oxygen atoms in total. The summed E-state index contributed by atoms with van der Waals surface area (Å²) in [6.45, 7) is 2.99. The lowest BCUT2D eigenvalue weighted by Gasteiger charge is -2.25. The van der Waals surface area contributed by atoms with E-state index in [1.54, 1.807) is 4.90 Å². The smallest absolute Gasteiger partial charge is 0.314 e. The van der Waals surface area contributed by atoms with Crippen molar-refractivity contribution in [1.82, 2.24) is 24.4 Å². The Morgan fingerprint density at radius 3 is 2.56 bits per heavy atom. The minimum atomic E-state index is -3.64. The number of amides is 2. The lowest BCUT2D eigenvalue weighted by molar-refractivity contribution is 0.204. The number of halogens is 2. The van der Waals surface area contributed by atoms with Crippen molar-refractivity contribution in [3.8, 4) is 0 Å². The van der Waals surface area contributed by atoms with Crippen LogP contribution in [0.15, 0.2) is 47.4 Å². The van der Waals surface area contributed by atoms with Gasteiger partial charge in [-0.1, -0.05) is 35.3 Å². The molecule has 34 heavy (non-hydrogen) atoms. The summed E-state index contributed by atoms with van der Waals surface area (Å²) in [4.78, 5) is 14.9. The number of likely N-dealkylation sites (tertiary alicyclic amines) is 1. The second kappa shape index (κ2) is 9.91. The molecule has 2 amide bonds. The molecule has 2 heterocycles. The number of hydrogen-bond donors (Lipinski definition) is 2. The Labute approximate surface area is 208 Å². The Balaban J connectivity index is 1.54. The molecule has 4 rings (SSSR count). The van der Waals surface area contributed by atoms with Gasteiger partial charge in [-0.3, -0.25) is 0 Å². The maximum atomic E-state index is 13.2. The van der Waals surface area contributed by atoms with Gasteiger partial charge in [0.2, 0.25) is 10.0 Å². The highest BCUT2D eigenvalue weighted by molar-refractivity contribution is 7.89. The van der Waals surface area contributed by atoms with Crippen molar-refractivity contribution in [3.05, 3.63) is 69.7 Å². The molecule has 1 atom stereocenters. The van der Waals surface area contributed by atoms with E-state index in [4.69, 9.17) is 23.2 Å². The predicted octanol–water partition coefficient (Wildman–Crippen LogP) is 4.22. The fourth-order valence-electron chi connectivity index (χ4n) is 3.96. The third-order valence-corrected chi connectivity index (χ3v) is 7.77. The van der Waals surface area contributed by atoms with Gasteiger partial charge >= 0.3 is 6.03 Å². The van der Waals surface area contributed by atoms with Crippen LogP contribution < -0.4 is 10.0 Å². The van der Waals surface area contributed by atoms with Gasteiger partial charge in [0.05, 0.1) is 28.2 Å². The maximum absolute atomic E-state index is 13.2. The van der Waals surface area contributed by atoms with E-state index < -0.39 is 10.0 Å². The highest BCUT2D eigenvalue weighted by Crippen LogP contribution is 2.33. The van der Waals surface area contributed by atoms with E-state index in [2.05, 4.69) is 20.2 Å². The predicted molar refractivity (Wildman–Crippen MR) is 131 cm³/mol. The zero-order valence-corrected chi connectivity index (χ0v) is 21.0. The molecule has 2 N–H and O–H groups in total. The fraction of sp³-hybridized carbons (Fsp3) is 0.318. The molecule has 1 aliphatic rings. The Hall–Kier alpha value is -2.66. The number of hydrogen-bond acceptors (Lipinski definition) is 5. The van der Waals surface area contributed by atoms with Crippen LogP contribution in [-0.2, 0) is 16.6 Å². The summed E-state index contributed by atoms with van der Waals surface area (Å²) >= 11 is 12.3. The van der Waals surface area contributed by atoms with Crippen LogP contribution in [0.3, 0.4) is 0 Å². The molecular weight excluding hydrogens is 499 g/mol. The van der Waals surface area contributed by atoms with E-state index in [0.29, 0.717) is 29.6 Å². The van der Waals surface area contributed by atoms with Crippen LogP contribution in [0.1, 0.15) is 36.1 Å². The number of urea groups is 1. The van der Waals surface area contributed by atoms with Crippen molar-refractivity contribution in [3.63, 3.8) is 0 Å². The van der Waals surface area contributed by atoms with Gasteiger partial charge in [-0.25, -0.2) is 17.9 Å². The first kappa shape index (κ1) is 24.5. The van der Waals surface area contributed by atoms with Crippen LogP contribution in [0.4, 0.5) is 10.5 Å². The lowest BCUT2D eigenvalue weighted by Crippen LogP contribution is -2.35. The van der Waals surface area contributed by atoms with Crippen LogP contribution in [0.2, 0.25) is 10.0 Å². The molecule has 0 bridgehead atoms. The van der Waals surface area contributed by atoms with Gasteiger partial charge < -0.3 is 14.8 Å². The minimum Gasteiger partial charge on any atom is -0.314 e. The first-order valence-electron chi connectivity index (χ1n) is 10.6. The summed E-state index contributed by atoms with van der Waals surface area (Å²) in [6.07, 6.45) is 1.57. The van der Waals surface area contributed by atoms with Crippen LogP contribution in [0.5, 0.6) is 0 Å². The molecule has 0 unspecified atom stereocenters. The number of benzene rings is 2. The van der Waals surface area contributed by atoms with Gasteiger partial charge in [0.1, 0.15) is 5.82 Å². The topological polar surface area (TPSA) is 109 Å². The molecule has 180 valence electrons. The summed E-state index contributed by atoms with van der Waals surface area (Å²) in [5.41, 5.74) is 1.37. The molecule has 3 aromatic rings. The molecule has 0 spiro atoms. The van der Waals surface area contributed by atoms with Crippen LogP contribution >= 0.6 is 23.2 Å². The summed E-state index contributed by atoms with van der Waals surface area (Å²) in [5.74, 6) is 1.46. The molecular formula is C22H24Cl2N6O3S. The molecule has 2 aromatic carbocycles. The number of aryl methyl sites for hydroxylation is 1. The first-order chi connectivity index (χ1) is 16.2. The Morgan fingerprint density at radius 2 is 1.88 bits per heavy atom. The maximum Gasteiger partial charge on any atom is 0.322 e. The molecule has 1 saturated heterocycles. The second-order valence-corrected chi connectivity index (χ2v) is 10.7. The van der Waals surface area contributed by atoms with Crippen LogP contribution in [0, 0.1) is 6.92 Å². The average Bonchev–Trinajstić information content (AvgIpc) is 3.43. The summed E-state index contributed by atoms with van der Waals surface area (Å²) in [7, 11) is -2.32. The highest BCUT2D eigenvalue weighted by Gasteiger charge is 2.34. The minimum absolute atomic E-state index is 0.0165. The van der Waals surface area contributed by atoms with Crippen molar-refractivity contribution < 1.29 is 13.2 Å². The number of nitrogens with zero attached hydrogens (tertiary/aromatic N) is 4. The number of rotatable bonds is 6. The van der Waals surface area contributed by atoms with Gasteiger partial charge in [-0.05, 0) is 62.7 Å². The van der Waals surface area contributed by atoms with Gasteiger partial charge in [0.25, 0.3) is 0 Å². The van der Waals surface area contributed by atoms with E-state index in [1.165, 1.54) is 25.2 Å². The van der Waals surface area contributed by atoms with Crippen molar-refractivity contribution in [2.45, 2.75) is 37.2 Å². The summed E-state index contributed by atoms with van der Waals surface area (Å²) in [5, 5.41) is 12.2. The number of sulfonamides is 1. The van der Waals surface area contributed by atoms with E-state index in [-0.39, 0.29) is 22.0 Å². The Bertz CT molecular complexity index is 1310. The molecule has 1 aromatic heterocycles. The molecule has 12 heteroatoms. The van der Waals surface area contributed by atoms with Crippen molar-refractivity contribution >= 4 is 44.9 Å². The fourth-order valence-corrected chi connectivity index (χ4v) is 5.13. The zero-order chi connectivity index (χ0) is 24.5. The molecule has 1 fully saturated rings. The Kier molecular flexibility index (Phi) is 7.13. The van der Waals surface area contributed by atoms with Crippen molar-refractivity contribution in [2.24, 2.45) is 0 Å². The number of aromatic nitrogens is 3. The van der Waals surface area contributed by atoms with Crippen molar-refractivity contribution in [2.75, 3.05) is 18.9 Å². The number of nitrogens with one attached hydrogen (secondary N) is 2. The van der Waals surface area contributed by atoms with E-state index in [9.17, 15) is 13.2 Å². The van der Waals surface area contributed by atoms with Crippen LogP contribution in [-0.4, -0.2) is 47.7 Å². The van der Waals surface area contributed by atoms with E-state index in [0.717, 1.165) is 24.2 Å². The molecule has 0 radical (unpaired) electrons. The number of anilines is 1. The normalized spacial score (nSPS) is 16.1. The van der Waals surface area contributed by atoms with Gasteiger partial charge in [-0.2, -0.15) is 0 Å². The van der Waals surface area contributed by atoms with E-state index >= 15 is 0 Å². The van der Waals surface area contributed by atoms with Gasteiger partial charge in [0, 0.05) is 11.6 Å². The monoisotopic (exact) mass is 522 g/mol. The average molecular weight is 523 g/mol. The number of carbonyl (C=O) groups excluding carboxylic acids is 1. The third kappa shape index (κ3) is 5.05. The molecule has 0 saturated carbocycles. The Morgan fingerprint density at radius 1 is 1.15 bits per heavy atom. The summed E-state index contributed by atoms with van der Waals surface area (Å²) < 4.78 is 28.2. The quantitative estimate of drug-likeness (QED) is 0.503. The van der Waals surface area contributed by atoms with Crippen LogP contribution in [0.25, 0.3) is 0 Å². The highest BCUT2D eigenvalue weighted by atomic mass is 35.5. The van der Waals surface area contributed by atoms with Crippen molar-refractivity contribution in [1.29, 1.82) is 0 Å². The SMILES string of the molecule is CNS(=O)(=O)c1ccc(NC(=O)N2CCC[C@@H]2c2nnc(C)n2Cc2ccc(Cl)cc2)c(Cl)c1.